The Morgan fingerprint density at radius 2 is 1.60 bits per heavy atom. The first kappa shape index (κ1) is 5.54. The average molecular weight is 133 g/mol. The van der Waals surface area contributed by atoms with Crippen molar-refractivity contribution in [1.29, 1.82) is 0 Å². The van der Waals surface area contributed by atoms with Crippen LogP contribution in [0.4, 0.5) is 0 Å². The van der Waals surface area contributed by atoms with Gasteiger partial charge in [0.1, 0.15) is 0 Å². The molecule has 0 spiro atoms. The van der Waals surface area contributed by atoms with E-state index < -0.39 is 0 Å². The molecule has 0 fully saturated rings. The zero-order valence-corrected chi connectivity index (χ0v) is 7.25. The first-order valence-corrected chi connectivity index (χ1v) is 6.95. The van der Waals surface area contributed by atoms with E-state index in [1.54, 1.807) is 0 Å². The monoisotopic (exact) mass is 134 g/mol. The molecule has 0 amide bonds. The molecular weight excluding hydrogens is 121 g/mol. The zero-order valence-electron chi connectivity index (χ0n) is 4.28. The van der Waals surface area contributed by atoms with Crippen molar-refractivity contribution in [2.75, 3.05) is 0 Å². The predicted octanol–water partition coefficient (Wildman–Crippen LogP) is 1.03. The van der Waals surface area contributed by atoms with Crippen LogP contribution in [0.25, 0.3) is 0 Å². The molecule has 0 aliphatic rings. The Bertz CT molecular complexity index is 17.6. The van der Waals surface area contributed by atoms with Crippen LogP contribution in [0.1, 0.15) is 13.8 Å². The summed E-state index contributed by atoms with van der Waals surface area (Å²) < 4.78 is 1.07. The van der Waals surface area contributed by atoms with Gasteiger partial charge >= 0.3 is 39.8 Å². The van der Waals surface area contributed by atoms with Crippen molar-refractivity contribution < 1.29 is 0 Å². The van der Waals surface area contributed by atoms with Crippen molar-refractivity contribution in [2.45, 2.75) is 24.4 Å². The van der Waals surface area contributed by atoms with E-state index >= 15 is 0 Å². The molecule has 0 aromatic rings. The van der Waals surface area contributed by atoms with Gasteiger partial charge in [-0.3, -0.25) is 0 Å². The van der Waals surface area contributed by atoms with Crippen LogP contribution in [0.5, 0.6) is 0 Å². The summed E-state index contributed by atoms with van der Waals surface area (Å²) in [6.45, 7) is 4.61. The molecule has 0 bridgehead atoms. The third-order valence-electron chi connectivity index (χ3n) is 0.816. The van der Waals surface area contributed by atoms with Gasteiger partial charge in [-0.25, -0.2) is 0 Å². The molecule has 0 nitrogen and oxygen atoms in total. The van der Waals surface area contributed by atoms with Crippen molar-refractivity contribution >= 4 is 15.4 Å². The minimum absolute atomic E-state index is 0.0139. The summed E-state index contributed by atoms with van der Waals surface area (Å²) in [4.78, 5) is 0. The molecule has 0 rings (SSSR count). The molecule has 0 radical (unpaired) electrons. The fourth-order valence-electron chi connectivity index (χ4n) is 0. The van der Waals surface area contributed by atoms with Crippen LogP contribution >= 0.6 is 0 Å². The second-order valence-corrected chi connectivity index (χ2v) is 6.94. The molecule has 0 unspecified atom stereocenters. The van der Waals surface area contributed by atoms with Gasteiger partial charge in [0.25, 0.3) is 0 Å². The topological polar surface area (TPSA) is 0 Å². The van der Waals surface area contributed by atoms with Crippen LogP contribution in [0, 0.1) is 0 Å². The van der Waals surface area contributed by atoms with Gasteiger partial charge in [0.15, 0.2) is 0 Å². The van der Waals surface area contributed by atoms with E-state index in [1.807, 2.05) is 0 Å². The van der Waals surface area contributed by atoms with Gasteiger partial charge in [-0.2, -0.15) is 0 Å². The number of hydrogen-bond donors (Lipinski definition) is 0. The molecule has 0 aliphatic heterocycles. The second-order valence-electron chi connectivity index (χ2n) is 1.80. The summed E-state index contributed by atoms with van der Waals surface area (Å²) in [6, 6.07) is 0. The van der Waals surface area contributed by atoms with Gasteiger partial charge in [0.05, 0.1) is 0 Å². The summed E-state index contributed by atoms with van der Waals surface area (Å²) in [7, 11) is 0. The van der Waals surface area contributed by atoms with E-state index in [4.69, 9.17) is 0 Å². The second kappa shape index (κ2) is 2.76. The SMILES string of the molecule is [CH3][GeH2][CH](C)C. The van der Waals surface area contributed by atoms with Crippen molar-refractivity contribution in [3.05, 3.63) is 0 Å². The normalized spacial score (nSPS) is 12.0. The van der Waals surface area contributed by atoms with E-state index in [9.17, 15) is 0 Å². The van der Waals surface area contributed by atoms with Crippen molar-refractivity contribution in [2.24, 2.45) is 0 Å². The van der Waals surface area contributed by atoms with Crippen LogP contribution in [0.3, 0.4) is 0 Å². The Kier molecular flexibility index (Phi) is 3.06. The number of rotatable bonds is 1. The molecule has 0 saturated carbocycles. The Hall–Kier alpha value is 0.543. The molecule has 0 aliphatic carbocycles. The molecule has 5 heavy (non-hydrogen) atoms. The van der Waals surface area contributed by atoms with E-state index in [2.05, 4.69) is 19.6 Å². The minimum atomic E-state index is 0.0139. The Labute approximate surface area is 40.4 Å². The molecule has 0 saturated heterocycles. The van der Waals surface area contributed by atoms with Gasteiger partial charge < -0.3 is 0 Å². The zero-order chi connectivity index (χ0) is 4.28. The number of hydrogen-bond acceptors (Lipinski definition) is 0. The molecule has 0 heterocycles. The maximum atomic E-state index is 2.39. The van der Waals surface area contributed by atoms with E-state index in [0.717, 1.165) is 4.75 Å². The van der Waals surface area contributed by atoms with E-state index in [-0.39, 0.29) is 15.4 Å². The van der Waals surface area contributed by atoms with Crippen molar-refractivity contribution in [3.8, 4) is 0 Å². The standard InChI is InChI=1S/C4H12Ge/c1-4(2)5-3/h4H,5H2,1-3H3. The van der Waals surface area contributed by atoms with Crippen molar-refractivity contribution in [3.63, 3.8) is 0 Å². The molecule has 0 N–H and O–H groups in total. The first-order chi connectivity index (χ1) is 2.27. The molecule has 0 aromatic heterocycles. The van der Waals surface area contributed by atoms with Gasteiger partial charge in [-0.1, -0.05) is 0 Å². The molecule has 32 valence electrons. The Morgan fingerprint density at radius 1 is 1.40 bits per heavy atom. The van der Waals surface area contributed by atoms with Crippen LogP contribution in [0.2, 0.25) is 10.5 Å². The maximum absolute atomic E-state index is 2.39. The molecular formula is C4H12Ge. The fourth-order valence-corrected chi connectivity index (χ4v) is 0. The molecule has 0 aromatic carbocycles. The summed E-state index contributed by atoms with van der Waals surface area (Å²) >= 11 is 0.0139. The third-order valence-corrected chi connectivity index (χ3v) is 4.24. The average Bonchev–Trinajstić information content (AvgIpc) is 1.38. The van der Waals surface area contributed by atoms with Gasteiger partial charge in [-0.05, 0) is 0 Å². The summed E-state index contributed by atoms with van der Waals surface area (Å²) in [5.74, 6) is 2.39. The van der Waals surface area contributed by atoms with Crippen LogP contribution in [-0.4, -0.2) is 15.4 Å². The van der Waals surface area contributed by atoms with Crippen LogP contribution in [-0.2, 0) is 0 Å². The van der Waals surface area contributed by atoms with Gasteiger partial charge in [0, 0.05) is 0 Å². The van der Waals surface area contributed by atoms with Crippen molar-refractivity contribution in [1.82, 2.24) is 0 Å². The third kappa shape index (κ3) is 4.54. The summed E-state index contributed by atoms with van der Waals surface area (Å²) in [6.07, 6.45) is 0. The summed E-state index contributed by atoms with van der Waals surface area (Å²) in [5.41, 5.74) is 0. The molecule has 1 heteroatoms. The predicted molar refractivity (Wildman–Crippen MR) is 29.5 cm³/mol. The van der Waals surface area contributed by atoms with Gasteiger partial charge in [0.2, 0.25) is 0 Å². The van der Waals surface area contributed by atoms with Gasteiger partial charge in [-0.15, -0.1) is 0 Å². The summed E-state index contributed by atoms with van der Waals surface area (Å²) in [5, 5.41) is 0. The van der Waals surface area contributed by atoms with E-state index in [1.165, 1.54) is 0 Å². The van der Waals surface area contributed by atoms with Crippen LogP contribution in [0.15, 0.2) is 0 Å². The van der Waals surface area contributed by atoms with Crippen LogP contribution < -0.4 is 0 Å². The first-order valence-electron chi connectivity index (χ1n) is 2.27. The Morgan fingerprint density at radius 3 is 1.60 bits per heavy atom. The Balaban J connectivity index is 2.54. The molecule has 0 atom stereocenters. The van der Waals surface area contributed by atoms with E-state index in [0.29, 0.717) is 0 Å². The quantitative estimate of drug-likeness (QED) is 0.468. The fraction of sp³-hybridized carbons (Fsp3) is 1.00.